The number of aliphatic hydroxyl groups excluding tert-OH is 1. The Morgan fingerprint density at radius 3 is 2.75 bits per heavy atom. The smallest absolute Gasteiger partial charge is 0.125 e. The van der Waals surface area contributed by atoms with Crippen molar-refractivity contribution < 1.29 is 14.6 Å². The van der Waals surface area contributed by atoms with Crippen LogP contribution in [0, 0.1) is 0 Å². The topological polar surface area (TPSA) is 64.7 Å². The normalized spacial score (nSPS) is 10.4. The van der Waals surface area contributed by atoms with Crippen molar-refractivity contribution in [3.05, 3.63) is 28.8 Å². The Morgan fingerprint density at radius 1 is 1.25 bits per heavy atom. The molecule has 0 atom stereocenters. The molecule has 4 nitrogen and oxygen atoms in total. The van der Waals surface area contributed by atoms with Crippen LogP contribution in [-0.2, 0) is 11.3 Å². The van der Waals surface area contributed by atoms with E-state index < -0.39 is 0 Å². The van der Waals surface area contributed by atoms with Gasteiger partial charge in [0.05, 0.1) is 19.8 Å². The maximum atomic E-state index is 8.50. The summed E-state index contributed by atoms with van der Waals surface area (Å²) in [7, 11) is 0. The number of halogens is 1. The van der Waals surface area contributed by atoms with Crippen LogP contribution in [0.1, 0.15) is 5.56 Å². The highest BCUT2D eigenvalue weighted by Crippen LogP contribution is 2.25. The summed E-state index contributed by atoms with van der Waals surface area (Å²) >= 11 is 5.97. The van der Waals surface area contributed by atoms with Gasteiger partial charge in [0, 0.05) is 17.1 Å². The van der Waals surface area contributed by atoms with Crippen molar-refractivity contribution >= 4 is 11.6 Å². The molecule has 0 saturated carbocycles. The van der Waals surface area contributed by atoms with E-state index in [1.807, 2.05) is 12.1 Å². The van der Waals surface area contributed by atoms with Crippen LogP contribution in [0.15, 0.2) is 18.2 Å². The fraction of sp³-hybridized carbons (Fsp3) is 0.455. The molecule has 0 aliphatic rings. The van der Waals surface area contributed by atoms with Crippen LogP contribution in [0.2, 0.25) is 5.02 Å². The van der Waals surface area contributed by atoms with E-state index in [-0.39, 0.29) is 6.61 Å². The fourth-order valence-electron chi connectivity index (χ4n) is 1.25. The second kappa shape index (κ2) is 7.46. The van der Waals surface area contributed by atoms with Crippen molar-refractivity contribution in [2.75, 3.05) is 26.4 Å². The molecule has 0 heterocycles. The van der Waals surface area contributed by atoms with Crippen LogP contribution in [0.5, 0.6) is 5.75 Å². The van der Waals surface area contributed by atoms with Gasteiger partial charge in [0.1, 0.15) is 12.4 Å². The van der Waals surface area contributed by atoms with Gasteiger partial charge in [-0.15, -0.1) is 0 Å². The molecule has 0 fully saturated rings. The third-order valence-corrected chi connectivity index (χ3v) is 2.35. The Morgan fingerprint density at radius 2 is 2.06 bits per heavy atom. The summed E-state index contributed by atoms with van der Waals surface area (Å²) in [6.45, 7) is 1.52. The number of ether oxygens (including phenoxy) is 2. The van der Waals surface area contributed by atoms with Gasteiger partial charge < -0.3 is 20.3 Å². The summed E-state index contributed by atoms with van der Waals surface area (Å²) in [5, 5.41) is 9.11. The number of hydrogen-bond donors (Lipinski definition) is 2. The molecule has 3 N–H and O–H groups in total. The highest BCUT2D eigenvalue weighted by Gasteiger charge is 2.05. The quantitative estimate of drug-likeness (QED) is 0.709. The van der Waals surface area contributed by atoms with E-state index in [0.717, 1.165) is 5.56 Å². The molecule has 0 spiro atoms. The molecule has 1 aromatic rings. The Labute approximate surface area is 99.9 Å². The van der Waals surface area contributed by atoms with Crippen molar-refractivity contribution in [1.29, 1.82) is 0 Å². The first kappa shape index (κ1) is 13.3. The lowest BCUT2D eigenvalue weighted by Crippen LogP contribution is -2.11. The van der Waals surface area contributed by atoms with Gasteiger partial charge in [-0.25, -0.2) is 0 Å². The molecule has 1 rings (SSSR count). The average Bonchev–Trinajstić information content (AvgIpc) is 2.29. The van der Waals surface area contributed by atoms with Gasteiger partial charge in [-0.05, 0) is 12.1 Å². The number of nitrogens with two attached hydrogens (primary N) is 1. The molecule has 0 aliphatic carbocycles. The van der Waals surface area contributed by atoms with Crippen molar-refractivity contribution in [3.63, 3.8) is 0 Å². The second-order valence-corrected chi connectivity index (χ2v) is 3.51. The summed E-state index contributed by atoms with van der Waals surface area (Å²) in [6.07, 6.45) is 0. The highest BCUT2D eigenvalue weighted by molar-refractivity contribution is 6.31. The van der Waals surface area contributed by atoms with E-state index in [9.17, 15) is 0 Å². The van der Waals surface area contributed by atoms with Crippen molar-refractivity contribution in [2.24, 2.45) is 5.73 Å². The van der Waals surface area contributed by atoms with Crippen molar-refractivity contribution in [1.82, 2.24) is 0 Å². The van der Waals surface area contributed by atoms with E-state index in [1.54, 1.807) is 6.07 Å². The van der Waals surface area contributed by atoms with Gasteiger partial charge in [-0.2, -0.15) is 0 Å². The minimum atomic E-state index is 0.0191. The Kier molecular flexibility index (Phi) is 6.18. The zero-order valence-electron chi connectivity index (χ0n) is 8.99. The maximum absolute atomic E-state index is 8.50. The standard InChI is InChI=1S/C11H16ClNO3/c12-10-2-1-3-11(9(10)8-13)16-7-6-15-5-4-14/h1-3,14H,4-8,13H2. The lowest BCUT2D eigenvalue weighted by Gasteiger charge is -2.11. The molecule has 1 aromatic carbocycles. The van der Waals surface area contributed by atoms with Crippen LogP contribution in [0.4, 0.5) is 0 Å². The van der Waals surface area contributed by atoms with Crippen LogP contribution in [0.25, 0.3) is 0 Å². The molecule has 16 heavy (non-hydrogen) atoms. The molecule has 0 aromatic heterocycles. The molecule has 5 heteroatoms. The predicted molar refractivity (Wildman–Crippen MR) is 62.7 cm³/mol. The lowest BCUT2D eigenvalue weighted by atomic mass is 10.2. The summed E-state index contributed by atoms with van der Waals surface area (Å²) in [5.41, 5.74) is 6.37. The zero-order chi connectivity index (χ0) is 11.8. The van der Waals surface area contributed by atoms with Crippen LogP contribution in [-0.4, -0.2) is 31.5 Å². The van der Waals surface area contributed by atoms with Gasteiger partial charge >= 0.3 is 0 Å². The highest BCUT2D eigenvalue weighted by atomic mass is 35.5. The van der Waals surface area contributed by atoms with Gasteiger partial charge in [0.2, 0.25) is 0 Å². The third-order valence-electron chi connectivity index (χ3n) is 2.00. The summed E-state index contributed by atoms with van der Waals surface area (Å²) in [6, 6.07) is 5.41. The monoisotopic (exact) mass is 245 g/mol. The molecular formula is C11H16ClNO3. The first-order valence-electron chi connectivity index (χ1n) is 5.08. The predicted octanol–water partition coefficient (Wildman–Crippen LogP) is 1.19. The van der Waals surface area contributed by atoms with E-state index >= 15 is 0 Å². The van der Waals surface area contributed by atoms with Gasteiger partial charge in [-0.1, -0.05) is 17.7 Å². The number of rotatable bonds is 7. The molecule has 0 unspecified atom stereocenters. The zero-order valence-corrected chi connectivity index (χ0v) is 9.74. The molecule has 0 aliphatic heterocycles. The first-order valence-corrected chi connectivity index (χ1v) is 5.46. The van der Waals surface area contributed by atoms with Crippen molar-refractivity contribution in [2.45, 2.75) is 6.54 Å². The average molecular weight is 246 g/mol. The van der Waals surface area contributed by atoms with E-state index in [1.165, 1.54) is 0 Å². The summed E-state index contributed by atoms with van der Waals surface area (Å²) in [4.78, 5) is 0. The molecular weight excluding hydrogens is 230 g/mol. The van der Waals surface area contributed by atoms with E-state index in [0.29, 0.717) is 37.1 Å². The number of hydrogen-bond acceptors (Lipinski definition) is 4. The Bertz CT molecular complexity index is 320. The molecule has 0 bridgehead atoms. The van der Waals surface area contributed by atoms with Crippen molar-refractivity contribution in [3.8, 4) is 5.75 Å². The molecule has 0 amide bonds. The Hall–Kier alpha value is -0.810. The van der Waals surface area contributed by atoms with Gasteiger partial charge in [0.25, 0.3) is 0 Å². The number of benzene rings is 1. The molecule has 0 saturated heterocycles. The van der Waals surface area contributed by atoms with E-state index in [4.69, 9.17) is 31.9 Å². The Balaban J connectivity index is 2.44. The van der Waals surface area contributed by atoms with Crippen LogP contribution < -0.4 is 10.5 Å². The SMILES string of the molecule is NCc1c(Cl)cccc1OCCOCCO. The third kappa shape index (κ3) is 3.98. The van der Waals surface area contributed by atoms with E-state index in [2.05, 4.69) is 0 Å². The summed E-state index contributed by atoms with van der Waals surface area (Å²) in [5.74, 6) is 0.683. The fourth-order valence-corrected chi connectivity index (χ4v) is 1.49. The van der Waals surface area contributed by atoms with Crippen LogP contribution >= 0.6 is 11.6 Å². The largest absolute Gasteiger partial charge is 0.491 e. The lowest BCUT2D eigenvalue weighted by molar-refractivity contribution is 0.0703. The van der Waals surface area contributed by atoms with Gasteiger partial charge in [0.15, 0.2) is 0 Å². The maximum Gasteiger partial charge on any atom is 0.125 e. The minimum absolute atomic E-state index is 0.0191. The van der Waals surface area contributed by atoms with Crippen LogP contribution in [0.3, 0.4) is 0 Å². The minimum Gasteiger partial charge on any atom is -0.491 e. The number of aliphatic hydroxyl groups is 1. The first-order chi connectivity index (χ1) is 7.79. The van der Waals surface area contributed by atoms with Gasteiger partial charge in [-0.3, -0.25) is 0 Å². The summed E-state index contributed by atoms with van der Waals surface area (Å²) < 4.78 is 10.6. The second-order valence-electron chi connectivity index (χ2n) is 3.11. The molecule has 0 radical (unpaired) electrons. The molecule has 90 valence electrons.